The summed E-state index contributed by atoms with van der Waals surface area (Å²) >= 11 is 7.62. The van der Waals surface area contributed by atoms with E-state index in [1.807, 2.05) is 78.9 Å². The molecule has 0 amide bonds. The predicted octanol–water partition coefficient (Wildman–Crippen LogP) is 4.59. The number of carbonyl (C=O) groups excluding carboxylic acids is 1. The third-order valence-electron chi connectivity index (χ3n) is 5.68. The Morgan fingerprint density at radius 3 is 2.37 bits per heavy atom. The van der Waals surface area contributed by atoms with Crippen molar-refractivity contribution >= 4 is 40.7 Å². The van der Waals surface area contributed by atoms with Gasteiger partial charge in [0, 0.05) is 10.6 Å². The lowest BCUT2D eigenvalue weighted by Crippen LogP contribution is -2.40. The van der Waals surface area contributed by atoms with E-state index in [-0.39, 0.29) is 12.2 Å². The fourth-order valence-electron chi connectivity index (χ4n) is 4.12. The van der Waals surface area contributed by atoms with Gasteiger partial charge in [0.05, 0.1) is 28.5 Å². The van der Waals surface area contributed by atoms with Crippen molar-refractivity contribution in [2.24, 2.45) is 4.99 Å². The molecule has 0 saturated heterocycles. The minimum atomic E-state index is -0.685. The first kappa shape index (κ1) is 23.0. The number of hydrogen-bond acceptors (Lipinski definition) is 5. The fourth-order valence-corrected chi connectivity index (χ4v) is 5.31. The lowest BCUT2D eigenvalue weighted by molar-refractivity contribution is -0.138. The highest BCUT2D eigenvalue weighted by Gasteiger charge is 2.35. The van der Waals surface area contributed by atoms with Crippen molar-refractivity contribution in [3.05, 3.63) is 132 Å². The molecule has 5 nitrogen and oxygen atoms in total. The van der Waals surface area contributed by atoms with Crippen LogP contribution in [0.1, 0.15) is 29.7 Å². The van der Waals surface area contributed by atoms with Gasteiger partial charge in [0.25, 0.3) is 5.56 Å². The first-order chi connectivity index (χ1) is 17.1. The van der Waals surface area contributed by atoms with Gasteiger partial charge in [0.1, 0.15) is 0 Å². The summed E-state index contributed by atoms with van der Waals surface area (Å²) in [5, 5.41) is 0.551. The maximum Gasteiger partial charge on any atom is 0.338 e. The van der Waals surface area contributed by atoms with E-state index in [1.165, 1.54) is 11.3 Å². The number of ether oxygens (including phenoxy) is 1. The van der Waals surface area contributed by atoms with Crippen LogP contribution >= 0.6 is 22.9 Å². The zero-order chi connectivity index (χ0) is 24.4. The molecular formula is C28H21ClN2O3S. The van der Waals surface area contributed by atoms with E-state index >= 15 is 0 Å². The molecule has 1 aliphatic rings. The van der Waals surface area contributed by atoms with Crippen LogP contribution in [0.3, 0.4) is 0 Å². The molecule has 0 bridgehead atoms. The highest BCUT2D eigenvalue weighted by molar-refractivity contribution is 7.07. The molecule has 1 aromatic heterocycles. The van der Waals surface area contributed by atoms with Crippen molar-refractivity contribution in [2.45, 2.75) is 13.0 Å². The molecule has 0 aliphatic carbocycles. The molecule has 0 fully saturated rings. The number of nitrogens with zero attached hydrogens (tertiary/aromatic N) is 2. The van der Waals surface area contributed by atoms with Crippen LogP contribution in [-0.4, -0.2) is 17.1 Å². The van der Waals surface area contributed by atoms with E-state index < -0.39 is 12.0 Å². The summed E-state index contributed by atoms with van der Waals surface area (Å²) in [5.41, 5.74) is 2.91. The number of aromatic nitrogens is 1. The van der Waals surface area contributed by atoms with Gasteiger partial charge in [-0.1, -0.05) is 102 Å². The molecule has 7 heteroatoms. The van der Waals surface area contributed by atoms with Crippen molar-refractivity contribution in [3.63, 3.8) is 0 Å². The second-order valence-corrected chi connectivity index (χ2v) is 9.28. The summed E-state index contributed by atoms with van der Waals surface area (Å²) in [4.78, 5) is 32.4. The highest BCUT2D eigenvalue weighted by atomic mass is 35.5. The van der Waals surface area contributed by atoms with E-state index in [4.69, 9.17) is 21.3 Å². The van der Waals surface area contributed by atoms with Crippen LogP contribution in [0.4, 0.5) is 0 Å². The monoisotopic (exact) mass is 500 g/mol. The second kappa shape index (κ2) is 9.86. The van der Waals surface area contributed by atoms with Gasteiger partial charge in [-0.05, 0) is 30.2 Å². The number of halogens is 1. The summed E-state index contributed by atoms with van der Waals surface area (Å²) in [7, 11) is 0. The number of fused-ring (bicyclic) bond motifs is 1. The predicted molar refractivity (Wildman–Crippen MR) is 139 cm³/mol. The van der Waals surface area contributed by atoms with Crippen molar-refractivity contribution in [1.82, 2.24) is 4.57 Å². The van der Waals surface area contributed by atoms with Crippen LogP contribution < -0.4 is 14.9 Å². The molecule has 35 heavy (non-hydrogen) atoms. The molecule has 0 N–H and O–H groups in total. The van der Waals surface area contributed by atoms with E-state index in [0.29, 0.717) is 25.6 Å². The quantitative estimate of drug-likeness (QED) is 0.377. The molecule has 174 valence electrons. The van der Waals surface area contributed by atoms with Gasteiger partial charge in [-0.25, -0.2) is 9.79 Å². The summed E-state index contributed by atoms with van der Waals surface area (Å²) in [6.07, 6.45) is 1.77. The molecule has 0 spiro atoms. The number of esters is 1. The Hall–Kier alpha value is -3.74. The molecule has 4 aromatic rings. The van der Waals surface area contributed by atoms with E-state index in [2.05, 4.69) is 0 Å². The van der Waals surface area contributed by atoms with Crippen LogP contribution in [0, 0.1) is 0 Å². The van der Waals surface area contributed by atoms with Crippen LogP contribution in [0.25, 0.3) is 11.8 Å². The van der Waals surface area contributed by atoms with E-state index in [9.17, 15) is 9.59 Å². The van der Waals surface area contributed by atoms with Gasteiger partial charge in [0.15, 0.2) is 4.80 Å². The third-order valence-corrected chi connectivity index (χ3v) is 7.01. The summed E-state index contributed by atoms with van der Waals surface area (Å²) in [6, 6.07) is 25.6. The number of hydrogen-bond donors (Lipinski definition) is 0. The SMILES string of the molecule is CCOC(=O)C1=C(c2ccccc2)N=c2s/c(=C/c3ccccc3Cl)c(=O)n2[C@@H]1c1ccccc1. The normalized spacial score (nSPS) is 15.5. The lowest BCUT2D eigenvalue weighted by atomic mass is 9.93. The van der Waals surface area contributed by atoms with Gasteiger partial charge in [-0.3, -0.25) is 9.36 Å². The van der Waals surface area contributed by atoms with Crippen molar-refractivity contribution in [2.75, 3.05) is 6.61 Å². The van der Waals surface area contributed by atoms with Crippen LogP contribution in [0.15, 0.2) is 100 Å². The summed E-state index contributed by atoms with van der Waals surface area (Å²) in [5.74, 6) is -0.496. The van der Waals surface area contributed by atoms with Crippen molar-refractivity contribution < 1.29 is 9.53 Å². The summed E-state index contributed by atoms with van der Waals surface area (Å²) < 4.78 is 7.53. The Labute approximate surface area is 210 Å². The number of carbonyl (C=O) groups is 1. The summed E-state index contributed by atoms with van der Waals surface area (Å²) in [6.45, 7) is 1.97. The van der Waals surface area contributed by atoms with Gasteiger partial charge < -0.3 is 4.74 Å². The first-order valence-electron chi connectivity index (χ1n) is 11.2. The van der Waals surface area contributed by atoms with Gasteiger partial charge in [-0.15, -0.1) is 0 Å². The van der Waals surface area contributed by atoms with Crippen LogP contribution in [0.5, 0.6) is 0 Å². The Balaban J connectivity index is 1.84. The fraction of sp³-hybridized carbons (Fsp3) is 0.107. The average Bonchev–Trinajstić information content (AvgIpc) is 3.20. The molecule has 0 saturated carbocycles. The van der Waals surface area contributed by atoms with Crippen LogP contribution in [0.2, 0.25) is 5.02 Å². The first-order valence-corrected chi connectivity index (χ1v) is 12.4. The van der Waals surface area contributed by atoms with Gasteiger partial charge in [-0.2, -0.15) is 0 Å². The van der Waals surface area contributed by atoms with Crippen LogP contribution in [-0.2, 0) is 9.53 Å². The maximum absolute atomic E-state index is 13.7. The highest BCUT2D eigenvalue weighted by Crippen LogP contribution is 2.35. The number of rotatable bonds is 5. The van der Waals surface area contributed by atoms with E-state index in [0.717, 1.165) is 16.7 Å². The Bertz CT molecular complexity index is 1610. The number of benzene rings is 3. The Morgan fingerprint density at radius 1 is 1.03 bits per heavy atom. The van der Waals surface area contributed by atoms with Gasteiger partial charge in [0.2, 0.25) is 0 Å². The van der Waals surface area contributed by atoms with E-state index in [1.54, 1.807) is 23.6 Å². The third kappa shape index (κ3) is 4.38. The van der Waals surface area contributed by atoms with Gasteiger partial charge >= 0.3 is 5.97 Å². The molecule has 2 heterocycles. The molecule has 1 atom stereocenters. The molecule has 0 radical (unpaired) electrons. The topological polar surface area (TPSA) is 60.7 Å². The smallest absolute Gasteiger partial charge is 0.338 e. The second-order valence-electron chi connectivity index (χ2n) is 7.86. The standard InChI is InChI=1S/C28H21ClN2O3S/c1-2-34-27(33)23-24(18-11-5-3-6-12-18)30-28-31(25(23)19-13-7-4-8-14-19)26(32)22(35-28)17-20-15-9-10-16-21(20)29/h3-17,25H,2H2,1H3/b22-17+/t25-/m1/s1. The van der Waals surface area contributed by atoms with Crippen molar-refractivity contribution in [1.29, 1.82) is 0 Å². The largest absolute Gasteiger partial charge is 0.463 e. The van der Waals surface area contributed by atoms with Crippen molar-refractivity contribution in [3.8, 4) is 0 Å². The zero-order valence-corrected chi connectivity index (χ0v) is 20.4. The molecule has 0 unspecified atom stereocenters. The maximum atomic E-state index is 13.7. The molecule has 3 aromatic carbocycles. The Morgan fingerprint density at radius 2 is 1.69 bits per heavy atom. The Kier molecular flexibility index (Phi) is 6.49. The minimum Gasteiger partial charge on any atom is -0.463 e. The molecular weight excluding hydrogens is 480 g/mol. The lowest BCUT2D eigenvalue weighted by Gasteiger charge is -2.25. The molecule has 5 rings (SSSR count). The molecule has 1 aliphatic heterocycles. The number of thiazole rings is 1. The minimum absolute atomic E-state index is 0.211. The average molecular weight is 501 g/mol. The zero-order valence-electron chi connectivity index (χ0n) is 18.9.